The van der Waals surface area contributed by atoms with Gasteiger partial charge < -0.3 is 9.84 Å². The van der Waals surface area contributed by atoms with Crippen molar-refractivity contribution in [3.63, 3.8) is 0 Å². The molecule has 1 rings (SSSR count). The fraction of sp³-hybridized carbons (Fsp3) is 0.375. The molecule has 80 valence electrons. The van der Waals surface area contributed by atoms with E-state index < -0.39 is 6.10 Å². The molecule has 1 unspecified atom stereocenters. The van der Waals surface area contributed by atoms with Crippen molar-refractivity contribution in [3.8, 4) is 0 Å². The van der Waals surface area contributed by atoms with Crippen molar-refractivity contribution in [2.75, 3.05) is 6.61 Å². The summed E-state index contributed by atoms with van der Waals surface area (Å²) in [5.41, 5.74) is 0. The van der Waals surface area contributed by atoms with E-state index in [-0.39, 0.29) is 18.3 Å². The van der Waals surface area contributed by atoms with Crippen LogP contribution in [0.25, 0.3) is 0 Å². The Labute approximate surface area is 101 Å². The lowest BCUT2D eigenvalue weighted by atomic mass is 10.3. The van der Waals surface area contributed by atoms with Crippen molar-refractivity contribution in [1.29, 1.82) is 5.41 Å². The van der Waals surface area contributed by atoms with Crippen molar-refractivity contribution in [2.45, 2.75) is 13.0 Å². The van der Waals surface area contributed by atoms with Crippen LogP contribution in [0.5, 0.6) is 0 Å². The number of thiophene rings is 1. The van der Waals surface area contributed by atoms with Crippen LogP contribution in [0.3, 0.4) is 0 Å². The highest BCUT2D eigenvalue weighted by molar-refractivity contribution is 9.10. The van der Waals surface area contributed by atoms with Gasteiger partial charge >= 0.3 is 0 Å². The molecule has 6 heteroatoms. The van der Waals surface area contributed by atoms with E-state index in [4.69, 9.17) is 10.1 Å². The van der Waals surface area contributed by atoms with Crippen LogP contribution in [-0.2, 0) is 4.74 Å². The van der Waals surface area contributed by atoms with E-state index in [0.717, 1.165) is 4.47 Å². The molecule has 0 saturated heterocycles. The fourth-order valence-corrected chi connectivity index (χ4v) is 2.43. The molecular weight excluding hydrogens is 290 g/mol. The number of aliphatic hydroxyl groups is 1. The Kier molecular flexibility index (Phi) is 6.35. The lowest BCUT2D eigenvalue weighted by Crippen LogP contribution is -2.13. The molecule has 1 atom stereocenters. The van der Waals surface area contributed by atoms with Crippen LogP contribution in [0.4, 0.5) is 0 Å². The van der Waals surface area contributed by atoms with E-state index in [9.17, 15) is 5.11 Å². The number of halogens is 2. The lowest BCUT2D eigenvalue weighted by Gasteiger charge is -2.10. The maximum atomic E-state index is 9.62. The fourth-order valence-electron chi connectivity index (χ4n) is 0.854. The summed E-state index contributed by atoms with van der Waals surface area (Å²) >= 11 is 4.68. The Morgan fingerprint density at radius 2 is 2.43 bits per heavy atom. The van der Waals surface area contributed by atoms with Gasteiger partial charge in [-0.15, -0.1) is 23.7 Å². The number of ether oxygens (including phenoxy) is 1. The van der Waals surface area contributed by atoms with Crippen molar-refractivity contribution in [2.24, 2.45) is 0 Å². The molecule has 2 N–H and O–H groups in total. The van der Waals surface area contributed by atoms with Crippen LogP contribution in [0, 0.1) is 5.41 Å². The van der Waals surface area contributed by atoms with Crippen LogP contribution >= 0.6 is 39.7 Å². The molecule has 0 saturated carbocycles. The van der Waals surface area contributed by atoms with Crippen molar-refractivity contribution < 1.29 is 9.84 Å². The first kappa shape index (κ1) is 13.9. The second-order valence-corrected chi connectivity index (χ2v) is 4.13. The van der Waals surface area contributed by atoms with Crippen molar-refractivity contribution in [3.05, 3.63) is 20.8 Å². The minimum absolute atomic E-state index is 0. The summed E-state index contributed by atoms with van der Waals surface area (Å²) in [6, 6.07) is 1.84. The number of aliphatic hydroxyl groups excluding tert-OH is 1. The maximum Gasteiger partial charge on any atom is 0.215 e. The Bertz CT molecular complexity index is 305. The van der Waals surface area contributed by atoms with E-state index in [2.05, 4.69) is 15.9 Å². The lowest BCUT2D eigenvalue weighted by molar-refractivity contribution is 0.193. The molecule has 3 nitrogen and oxygen atoms in total. The van der Waals surface area contributed by atoms with Crippen LogP contribution in [0.15, 0.2) is 15.9 Å². The first-order chi connectivity index (χ1) is 6.16. The summed E-state index contributed by atoms with van der Waals surface area (Å²) < 4.78 is 5.72. The molecular formula is C8H11BrClNO2S. The van der Waals surface area contributed by atoms with Gasteiger partial charge in [0.1, 0.15) is 0 Å². The second-order valence-electron chi connectivity index (χ2n) is 2.33. The molecule has 0 aromatic carbocycles. The molecule has 0 bridgehead atoms. The van der Waals surface area contributed by atoms with Crippen LogP contribution < -0.4 is 0 Å². The van der Waals surface area contributed by atoms with E-state index in [0.29, 0.717) is 11.5 Å². The summed E-state index contributed by atoms with van der Waals surface area (Å²) in [6.45, 7) is 2.18. The average Bonchev–Trinajstić information content (AvgIpc) is 2.50. The molecule has 1 heterocycles. The van der Waals surface area contributed by atoms with Crippen LogP contribution in [0.1, 0.15) is 17.9 Å². The summed E-state index contributed by atoms with van der Waals surface area (Å²) in [5.74, 6) is -0.106. The van der Waals surface area contributed by atoms with Crippen molar-refractivity contribution in [1.82, 2.24) is 0 Å². The Hall–Kier alpha value is -0.100. The molecule has 14 heavy (non-hydrogen) atoms. The highest BCUT2D eigenvalue weighted by Crippen LogP contribution is 2.29. The first-order valence-electron chi connectivity index (χ1n) is 3.79. The predicted molar refractivity (Wildman–Crippen MR) is 63.6 cm³/mol. The molecule has 0 amide bonds. The van der Waals surface area contributed by atoms with Gasteiger partial charge in [0.2, 0.25) is 5.90 Å². The van der Waals surface area contributed by atoms with Gasteiger partial charge in [-0.3, -0.25) is 5.41 Å². The minimum atomic E-state index is -0.950. The van der Waals surface area contributed by atoms with Gasteiger partial charge in [-0.25, -0.2) is 0 Å². The topological polar surface area (TPSA) is 53.3 Å². The van der Waals surface area contributed by atoms with Crippen molar-refractivity contribution >= 4 is 45.6 Å². The third kappa shape index (κ3) is 3.24. The second kappa shape index (κ2) is 6.40. The zero-order chi connectivity index (χ0) is 9.84. The molecule has 1 aromatic rings. The zero-order valence-electron chi connectivity index (χ0n) is 7.49. The van der Waals surface area contributed by atoms with Gasteiger partial charge in [-0.05, 0) is 34.3 Å². The van der Waals surface area contributed by atoms with Gasteiger partial charge in [0.25, 0.3) is 0 Å². The Balaban J connectivity index is 0.00000169. The molecule has 0 aliphatic heterocycles. The van der Waals surface area contributed by atoms with E-state index in [1.807, 2.05) is 11.4 Å². The highest BCUT2D eigenvalue weighted by atomic mass is 79.9. The monoisotopic (exact) mass is 299 g/mol. The quantitative estimate of drug-likeness (QED) is 0.666. The maximum absolute atomic E-state index is 9.62. The molecule has 0 spiro atoms. The van der Waals surface area contributed by atoms with Gasteiger partial charge in [-0.2, -0.15) is 0 Å². The highest BCUT2D eigenvalue weighted by Gasteiger charge is 2.18. The van der Waals surface area contributed by atoms with Gasteiger partial charge in [-0.1, -0.05) is 0 Å². The number of rotatable bonds is 3. The summed E-state index contributed by atoms with van der Waals surface area (Å²) in [6.07, 6.45) is -0.950. The molecule has 0 aliphatic rings. The summed E-state index contributed by atoms with van der Waals surface area (Å²) in [4.78, 5) is 0.707. The Morgan fingerprint density at radius 1 is 1.79 bits per heavy atom. The predicted octanol–water partition coefficient (Wildman–Crippen LogP) is 2.98. The van der Waals surface area contributed by atoms with E-state index in [1.165, 1.54) is 11.3 Å². The summed E-state index contributed by atoms with van der Waals surface area (Å²) in [5, 5.41) is 18.9. The zero-order valence-corrected chi connectivity index (χ0v) is 10.7. The van der Waals surface area contributed by atoms with E-state index >= 15 is 0 Å². The Morgan fingerprint density at radius 3 is 2.86 bits per heavy atom. The third-order valence-electron chi connectivity index (χ3n) is 1.44. The average molecular weight is 301 g/mol. The van der Waals surface area contributed by atoms with Gasteiger partial charge in [0, 0.05) is 4.47 Å². The SMILES string of the molecule is CCOC(=N)C(O)c1sccc1Br.Cl. The number of hydrogen-bond acceptors (Lipinski definition) is 4. The minimum Gasteiger partial charge on any atom is -0.479 e. The summed E-state index contributed by atoms with van der Waals surface area (Å²) in [7, 11) is 0. The molecule has 0 fully saturated rings. The smallest absolute Gasteiger partial charge is 0.215 e. The number of hydrogen-bond donors (Lipinski definition) is 2. The first-order valence-corrected chi connectivity index (χ1v) is 5.46. The molecule has 0 aliphatic carbocycles. The van der Waals surface area contributed by atoms with Gasteiger partial charge in [0.15, 0.2) is 6.10 Å². The van der Waals surface area contributed by atoms with Crippen LogP contribution in [-0.4, -0.2) is 17.6 Å². The van der Waals surface area contributed by atoms with E-state index in [1.54, 1.807) is 6.92 Å². The molecule has 1 aromatic heterocycles. The normalized spacial score (nSPS) is 11.6. The third-order valence-corrected chi connectivity index (χ3v) is 3.36. The van der Waals surface area contributed by atoms with Gasteiger partial charge in [0.05, 0.1) is 11.5 Å². The largest absolute Gasteiger partial charge is 0.479 e. The standard InChI is InChI=1S/C8H10BrNO2S.ClH/c1-2-12-8(10)6(11)7-5(9)3-4-13-7;/h3-4,6,10-11H,2H2,1H3;1H. The molecule has 0 radical (unpaired) electrons. The number of nitrogens with one attached hydrogen (secondary N) is 1. The van der Waals surface area contributed by atoms with Crippen LogP contribution in [0.2, 0.25) is 0 Å².